The van der Waals surface area contributed by atoms with Crippen LogP contribution in [0.4, 0.5) is 0 Å². The first-order valence-corrected chi connectivity index (χ1v) is 7.31. The molecule has 0 N–H and O–H groups in total. The molecule has 1 fully saturated rings. The van der Waals surface area contributed by atoms with E-state index in [-0.39, 0.29) is 0 Å². The van der Waals surface area contributed by atoms with E-state index < -0.39 is 0 Å². The molecule has 2 nitrogen and oxygen atoms in total. The fraction of sp³-hybridized carbons (Fsp3) is 1.00. The van der Waals surface area contributed by atoms with Crippen molar-refractivity contribution < 1.29 is 0 Å². The van der Waals surface area contributed by atoms with E-state index in [4.69, 9.17) is 0 Å². The highest BCUT2D eigenvalue weighted by molar-refractivity contribution is 4.66. The van der Waals surface area contributed by atoms with Crippen LogP contribution >= 0.6 is 0 Å². The average Bonchev–Trinajstić information content (AvgIpc) is 2.55. The molecule has 0 aromatic carbocycles. The molecule has 0 saturated carbocycles. The summed E-state index contributed by atoms with van der Waals surface area (Å²) in [5.74, 6) is 0. The van der Waals surface area contributed by atoms with E-state index in [0.717, 1.165) is 0 Å². The fourth-order valence-electron chi connectivity index (χ4n) is 2.61. The van der Waals surface area contributed by atoms with Gasteiger partial charge in [0.25, 0.3) is 0 Å². The Kier molecular flexibility index (Phi) is 7.87. The molecule has 0 aromatic heterocycles. The number of likely N-dealkylation sites (tertiary alicyclic amines) is 1. The maximum absolute atomic E-state index is 2.67. The summed E-state index contributed by atoms with van der Waals surface area (Å²) in [6.45, 7) is 12.4. The monoisotopic (exact) mass is 226 g/mol. The molecule has 0 bridgehead atoms. The Morgan fingerprint density at radius 3 is 1.88 bits per heavy atom. The largest absolute Gasteiger partial charge is 0.302 e. The molecule has 2 heteroatoms. The van der Waals surface area contributed by atoms with Gasteiger partial charge in [-0.05, 0) is 51.9 Å². The van der Waals surface area contributed by atoms with Crippen molar-refractivity contribution in [3.63, 3.8) is 0 Å². The van der Waals surface area contributed by atoms with E-state index in [1.54, 1.807) is 0 Å². The quantitative estimate of drug-likeness (QED) is 0.658. The van der Waals surface area contributed by atoms with Gasteiger partial charge in [0.15, 0.2) is 0 Å². The third-order valence-corrected chi connectivity index (χ3v) is 3.51. The summed E-state index contributed by atoms with van der Waals surface area (Å²) in [4.78, 5) is 5.30. The van der Waals surface area contributed by atoms with Gasteiger partial charge >= 0.3 is 0 Å². The summed E-state index contributed by atoms with van der Waals surface area (Å²) in [5.41, 5.74) is 0. The third kappa shape index (κ3) is 5.86. The van der Waals surface area contributed by atoms with Gasteiger partial charge in [-0.2, -0.15) is 0 Å². The van der Waals surface area contributed by atoms with E-state index in [0.29, 0.717) is 0 Å². The highest BCUT2D eigenvalue weighted by atomic mass is 15.2. The highest BCUT2D eigenvalue weighted by Crippen LogP contribution is 2.09. The van der Waals surface area contributed by atoms with Gasteiger partial charge in [-0.15, -0.1) is 0 Å². The fourth-order valence-corrected chi connectivity index (χ4v) is 2.61. The minimum absolute atomic E-state index is 1.28. The van der Waals surface area contributed by atoms with Crippen molar-refractivity contribution in [2.24, 2.45) is 0 Å². The van der Waals surface area contributed by atoms with E-state index in [1.165, 1.54) is 77.8 Å². The summed E-state index contributed by atoms with van der Waals surface area (Å²) in [6.07, 6.45) is 8.32. The molecule has 16 heavy (non-hydrogen) atoms. The number of nitrogens with zero attached hydrogens (tertiary/aromatic N) is 2. The zero-order chi connectivity index (χ0) is 11.6. The number of rotatable bonds is 7. The van der Waals surface area contributed by atoms with E-state index in [2.05, 4.69) is 23.6 Å². The van der Waals surface area contributed by atoms with Gasteiger partial charge in [0, 0.05) is 13.1 Å². The Hall–Kier alpha value is -0.0800. The average molecular weight is 226 g/mol. The summed E-state index contributed by atoms with van der Waals surface area (Å²) in [5, 5.41) is 0. The SMILES string of the molecule is CCCN(CCC)CCN1CCCCCC1. The van der Waals surface area contributed by atoms with Crippen LogP contribution in [0.5, 0.6) is 0 Å². The molecule has 0 amide bonds. The van der Waals surface area contributed by atoms with E-state index in [1.807, 2.05) is 0 Å². The Morgan fingerprint density at radius 2 is 1.38 bits per heavy atom. The van der Waals surface area contributed by atoms with Gasteiger partial charge in [-0.3, -0.25) is 0 Å². The van der Waals surface area contributed by atoms with Gasteiger partial charge in [-0.25, -0.2) is 0 Å². The molecule has 0 unspecified atom stereocenters. The lowest BCUT2D eigenvalue weighted by atomic mass is 10.2. The van der Waals surface area contributed by atoms with Crippen LogP contribution in [0, 0.1) is 0 Å². The smallest absolute Gasteiger partial charge is 0.0109 e. The van der Waals surface area contributed by atoms with Crippen molar-refractivity contribution in [2.45, 2.75) is 52.4 Å². The second kappa shape index (κ2) is 9.00. The van der Waals surface area contributed by atoms with Crippen LogP contribution in [-0.2, 0) is 0 Å². The van der Waals surface area contributed by atoms with Crippen LogP contribution in [0.2, 0.25) is 0 Å². The molecule has 0 spiro atoms. The lowest BCUT2D eigenvalue weighted by Crippen LogP contribution is -2.36. The first-order chi connectivity index (χ1) is 7.86. The lowest BCUT2D eigenvalue weighted by molar-refractivity contribution is 0.207. The Bertz CT molecular complexity index is 143. The molecule has 1 aliphatic rings. The molecule has 0 radical (unpaired) electrons. The summed E-state index contributed by atoms with van der Waals surface area (Å²) in [6, 6.07) is 0. The van der Waals surface area contributed by atoms with Gasteiger partial charge < -0.3 is 9.80 Å². The highest BCUT2D eigenvalue weighted by Gasteiger charge is 2.10. The third-order valence-electron chi connectivity index (χ3n) is 3.51. The molecular weight excluding hydrogens is 196 g/mol. The molecule has 1 heterocycles. The maximum Gasteiger partial charge on any atom is 0.0109 e. The van der Waals surface area contributed by atoms with Crippen LogP contribution in [-0.4, -0.2) is 49.1 Å². The minimum atomic E-state index is 1.28. The molecule has 0 atom stereocenters. The standard InChI is InChI=1S/C14H30N2/c1-3-9-15(10-4-2)13-14-16-11-7-5-6-8-12-16/h3-14H2,1-2H3. The summed E-state index contributed by atoms with van der Waals surface area (Å²) < 4.78 is 0. The molecule has 1 rings (SSSR count). The van der Waals surface area contributed by atoms with Crippen molar-refractivity contribution >= 4 is 0 Å². The molecule has 0 aromatic rings. The zero-order valence-electron chi connectivity index (χ0n) is 11.4. The van der Waals surface area contributed by atoms with Crippen LogP contribution < -0.4 is 0 Å². The first-order valence-electron chi connectivity index (χ1n) is 7.31. The predicted molar refractivity (Wildman–Crippen MR) is 71.9 cm³/mol. The molecule has 96 valence electrons. The van der Waals surface area contributed by atoms with Crippen LogP contribution in [0.1, 0.15) is 52.4 Å². The molecule has 1 aliphatic heterocycles. The van der Waals surface area contributed by atoms with Crippen molar-refractivity contribution in [3.05, 3.63) is 0 Å². The maximum atomic E-state index is 2.67. The molecule has 1 saturated heterocycles. The number of hydrogen-bond acceptors (Lipinski definition) is 2. The number of hydrogen-bond donors (Lipinski definition) is 0. The van der Waals surface area contributed by atoms with Crippen molar-refractivity contribution in [1.29, 1.82) is 0 Å². The van der Waals surface area contributed by atoms with Crippen molar-refractivity contribution in [2.75, 3.05) is 39.3 Å². The first kappa shape index (κ1) is 14.0. The van der Waals surface area contributed by atoms with Crippen LogP contribution in [0.15, 0.2) is 0 Å². The van der Waals surface area contributed by atoms with E-state index >= 15 is 0 Å². The van der Waals surface area contributed by atoms with Gasteiger partial charge in [0.2, 0.25) is 0 Å². The van der Waals surface area contributed by atoms with Crippen molar-refractivity contribution in [1.82, 2.24) is 9.80 Å². The minimum Gasteiger partial charge on any atom is -0.302 e. The van der Waals surface area contributed by atoms with Gasteiger partial charge in [0.1, 0.15) is 0 Å². The Labute approximate surface area is 102 Å². The van der Waals surface area contributed by atoms with Crippen molar-refractivity contribution in [3.8, 4) is 0 Å². The van der Waals surface area contributed by atoms with E-state index in [9.17, 15) is 0 Å². The second-order valence-corrected chi connectivity index (χ2v) is 5.10. The zero-order valence-corrected chi connectivity index (χ0v) is 11.4. The second-order valence-electron chi connectivity index (χ2n) is 5.10. The lowest BCUT2D eigenvalue weighted by Gasteiger charge is -2.26. The predicted octanol–water partition coefficient (Wildman–Crippen LogP) is 2.98. The Morgan fingerprint density at radius 1 is 0.812 bits per heavy atom. The molecular formula is C14H30N2. The topological polar surface area (TPSA) is 6.48 Å². The van der Waals surface area contributed by atoms with Gasteiger partial charge in [-0.1, -0.05) is 26.7 Å². The summed E-state index contributed by atoms with van der Waals surface area (Å²) >= 11 is 0. The van der Waals surface area contributed by atoms with Crippen LogP contribution in [0.3, 0.4) is 0 Å². The van der Waals surface area contributed by atoms with Crippen LogP contribution in [0.25, 0.3) is 0 Å². The van der Waals surface area contributed by atoms with Gasteiger partial charge in [0.05, 0.1) is 0 Å². The molecule has 0 aliphatic carbocycles. The summed E-state index contributed by atoms with van der Waals surface area (Å²) in [7, 11) is 0. The Balaban J connectivity index is 2.18. The normalized spacial score (nSPS) is 18.9.